The van der Waals surface area contributed by atoms with Crippen molar-refractivity contribution < 1.29 is 21.6 Å². The van der Waals surface area contributed by atoms with Crippen molar-refractivity contribution in [2.45, 2.75) is 44.3 Å². The van der Waals surface area contributed by atoms with E-state index in [-0.39, 0.29) is 10.6 Å². The van der Waals surface area contributed by atoms with Gasteiger partial charge in [0.1, 0.15) is 0 Å². The van der Waals surface area contributed by atoms with Gasteiger partial charge in [-0.1, -0.05) is 32.0 Å². The van der Waals surface area contributed by atoms with E-state index in [1.165, 1.54) is 0 Å². The summed E-state index contributed by atoms with van der Waals surface area (Å²) >= 11 is 0. The van der Waals surface area contributed by atoms with Crippen LogP contribution in [0.15, 0.2) is 59.5 Å². The Morgan fingerprint density at radius 3 is 2.19 bits per heavy atom. The molecule has 172 valence electrons. The molecule has 0 saturated carbocycles. The Hall–Kier alpha value is -2.65. The van der Waals surface area contributed by atoms with Gasteiger partial charge in [0, 0.05) is 11.9 Å². The number of hydrogen-bond acceptors (Lipinski definition) is 4. The first-order valence-corrected chi connectivity index (χ1v) is 11.9. The summed E-state index contributed by atoms with van der Waals surface area (Å²) < 4.78 is 66.5. The van der Waals surface area contributed by atoms with Gasteiger partial charge in [0.2, 0.25) is 0 Å². The number of anilines is 1. The van der Waals surface area contributed by atoms with Crippen molar-refractivity contribution in [2.75, 3.05) is 17.8 Å². The predicted octanol–water partition coefficient (Wildman–Crippen LogP) is 5.68. The van der Waals surface area contributed by atoms with Crippen LogP contribution in [0, 0.1) is 0 Å². The minimum Gasteiger partial charge on any atom is -0.298 e. The molecule has 0 unspecified atom stereocenters. The summed E-state index contributed by atoms with van der Waals surface area (Å²) in [5, 5.41) is 0.763. The maximum Gasteiger partial charge on any atom is 0.416 e. The van der Waals surface area contributed by atoms with Gasteiger partial charge >= 0.3 is 6.18 Å². The van der Waals surface area contributed by atoms with E-state index >= 15 is 0 Å². The number of hydrogen-bond donors (Lipinski definition) is 1. The Balaban J connectivity index is 1.91. The maximum absolute atomic E-state index is 12.8. The van der Waals surface area contributed by atoms with Gasteiger partial charge in [-0.25, -0.2) is 13.4 Å². The van der Waals surface area contributed by atoms with Crippen LogP contribution < -0.4 is 4.72 Å². The molecule has 0 spiro atoms. The molecule has 0 radical (unpaired) electrons. The second-order valence-electron chi connectivity index (χ2n) is 7.58. The minimum absolute atomic E-state index is 0.254. The SMILES string of the molecule is CCCN(CCC)Cc1ccc2cccc(NS(=O)(=O)c3ccc(C(F)(F)F)cc3)c2n1. The molecule has 3 rings (SSSR count). The molecule has 3 aromatic rings. The zero-order chi connectivity index (χ0) is 23.4. The van der Waals surface area contributed by atoms with Crippen LogP contribution in [0.2, 0.25) is 0 Å². The van der Waals surface area contributed by atoms with Crippen LogP contribution in [-0.2, 0) is 22.7 Å². The number of nitrogens with one attached hydrogen (secondary N) is 1. The molecule has 0 fully saturated rings. The van der Waals surface area contributed by atoms with Crippen molar-refractivity contribution in [3.05, 3.63) is 65.9 Å². The molecule has 0 bridgehead atoms. The lowest BCUT2D eigenvalue weighted by Crippen LogP contribution is -2.25. The summed E-state index contributed by atoms with van der Waals surface area (Å²) in [6, 6.07) is 12.3. The first kappa shape index (κ1) is 24.0. The fourth-order valence-electron chi connectivity index (χ4n) is 3.52. The molecule has 0 aliphatic carbocycles. The zero-order valence-corrected chi connectivity index (χ0v) is 18.8. The fraction of sp³-hybridized carbons (Fsp3) is 0.348. The van der Waals surface area contributed by atoms with Gasteiger partial charge in [0.15, 0.2) is 0 Å². The fourth-order valence-corrected chi connectivity index (χ4v) is 4.58. The van der Waals surface area contributed by atoms with E-state index in [4.69, 9.17) is 0 Å². The van der Waals surface area contributed by atoms with Crippen LogP contribution >= 0.6 is 0 Å². The van der Waals surface area contributed by atoms with Crippen molar-refractivity contribution in [1.82, 2.24) is 9.88 Å². The topological polar surface area (TPSA) is 62.3 Å². The van der Waals surface area contributed by atoms with Gasteiger partial charge in [-0.3, -0.25) is 9.62 Å². The molecule has 1 heterocycles. The molecule has 2 aromatic carbocycles. The Labute approximate surface area is 186 Å². The highest BCUT2D eigenvalue weighted by atomic mass is 32.2. The average molecular weight is 466 g/mol. The summed E-state index contributed by atoms with van der Waals surface area (Å²) in [5.41, 5.74) is 0.687. The molecule has 0 amide bonds. The molecule has 5 nitrogen and oxygen atoms in total. The smallest absolute Gasteiger partial charge is 0.298 e. The molecule has 0 aliphatic heterocycles. The Morgan fingerprint density at radius 1 is 0.938 bits per heavy atom. The number of nitrogens with zero attached hydrogens (tertiary/aromatic N) is 2. The summed E-state index contributed by atoms with van der Waals surface area (Å²) in [6.45, 7) is 6.76. The van der Waals surface area contributed by atoms with E-state index in [2.05, 4.69) is 28.5 Å². The largest absolute Gasteiger partial charge is 0.416 e. The van der Waals surface area contributed by atoms with Crippen LogP contribution in [0.1, 0.15) is 37.9 Å². The van der Waals surface area contributed by atoms with Crippen LogP contribution in [-0.4, -0.2) is 31.4 Å². The van der Waals surface area contributed by atoms with Gasteiger partial charge in [0.05, 0.1) is 27.4 Å². The monoisotopic (exact) mass is 465 g/mol. The van der Waals surface area contributed by atoms with Crippen molar-refractivity contribution in [3.63, 3.8) is 0 Å². The van der Waals surface area contributed by atoms with Crippen molar-refractivity contribution in [1.29, 1.82) is 0 Å². The van der Waals surface area contributed by atoms with E-state index in [9.17, 15) is 21.6 Å². The average Bonchev–Trinajstić information content (AvgIpc) is 2.74. The van der Waals surface area contributed by atoms with Crippen LogP contribution in [0.3, 0.4) is 0 Å². The third-order valence-corrected chi connectivity index (χ3v) is 6.36. The number of pyridine rings is 1. The Kier molecular flexibility index (Phi) is 7.40. The quantitative estimate of drug-likeness (QED) is 0.442. The van der Waals surface area contributed by atoms with E-state index in [0.29, 0.717) is 12.1 Å². The Morgan fingerprint density at radius 2 is 1.59 bits per heavy atom. The normalized spacial score (nSPS) is 12.4. The summed E-state index contributed by atoms with van der Waals surface area (Å²) in [5.74, 6) is 0. The van der Waals surface area contributed by atoms with Gasteiger partial charge < -0.3 is 0 Å². The highest BCUT2D eigenvalue weighted by Crippen LogP contribution is 2.30. The molecule has 32 heavy (non-hydrogen) atoms. The number of fused-ring (bicyclic) bond motifs is 1. The summed E-state index contributed by atoms with van der Waals surface area (Å²) in [6.07, 6.45) is -2.49. The van der Waals surface area contributed by atoms with Gasteiger partial charge in [-0.05, 0) is 62.3 Å². The summed E-state index contributed by atoms with van der Waals surface area (Å²) in [4.78, 5) is 6.73. The zero-order valence-electron chi connectivity index (χ0n) is 18.0. The number of sulfonamides is 1. The van der Waals surface area contributed by atoms with E-state index in [0.717, 1.165) is 61.3 Å². The Bertz CT molecular complexity index is 1160. The minimum atomic E-state index is -4.53. The number of rotatable bonds is 9. The van der Waals surface area contributed by atoms with Gasteiger partial charge in [0.25, 0.3) is 10.0 Å². The third-order valence-electron chi connectivity index (χ3n) is 4.98. The molecular formula is C23H26F3N3O2S. The second kappa shape index (κ2) is 9.87. The molecule has 9 heteroatoms. The van der Waals surface area contributed by atoms with Crippen LogP contribution in [0.5, 0.6) is 0 Å². The highest BCUT2D eigenvalue weighted by molar-refractivity contribution is 7.92. The van der Waals surface area contributed by atoms with Crippen LogP contribution in [0.25, 0.3) is 10.9 Å². The van der Waals surface area contributed by atoms with Gasteiger partial charge in [-0.2, -0.15) is 13.2 Å². The lowest BCUT2D eigenvalue weighted by atomic mass is 10.1. The second-order valence-corrected chi connectivity index (χ2v) is 9.27. The standard InChI is InChI=1S/C23H26F3N3O2S/c1-3-14-29(15-4-2)16-19-11-8-17-6-5-7-21(22(17)27-19)28-32(30,31)20-12-9-18(10-13-20)23(24,25)26/h5-13,28H,3-4,14-16H2,1-2H3. The molecule has 1 aromatic heterocycles. The van der Waals surface area contributed by atoms with Crippen molar-refractivity contribution >= 4 is 26.6 Å². The third kappa shape index (κ3) is 5.77. The number of alkyl halides is 3. The number of para-hydroxylation sites is 1. The molecule has 1 N–H and O–H groups in total. The molecule has 0 saturated heterocycles. The summed E-state index contributed by atoms with van der Waals surface area (Å²) in [7, 11) is -4.09. The molecular weight excluding hydrogens is 439 g/mol. The highest BCUT2D eigenvalue weighted by Gasteiger charge is 2.30. The van der Waals surface area contributed by atoms with Crippen molar-refractivity contribution in [2.24, 2.45) is 0 Å². The first-order valence-electron chi connectivity index (χ1n) is 10.4. The van der Waals surface area contributed by atoms with Gasteiger partial charge in [-0.15, -0.1) is 0 Å². The predicted molar refractivity (Wildman–Crippen MR) is 120 cm³/mol. The number of aromatic nitrogens is 1. The number of benzene rings is 2. The van der Waals surface area contributed by atoms with Crippen molar-refractivity contribution in [3.8, 4) is 0 Å². The van der Waals surface area contributed by atoms with E-state index in [1.54, 1.807) is 12.1 Å². The van der Waals surface area contributed by atoms with E-state index in [1.807, 2.05) is 18.2 Å². The maximum atomic E-state index is 12.8. The van der Waals surface area contributed by atoms with E-state index < -0.39 is 21.8 Å². The lowest BCUT2D eigenvalue weighted by molar-refractivity contribution is -0.137. The number of halogens is 3. The molecule has 0 atom stereocenters. The molecule has 0 aliphatic rings. The first-order chi connectivity index (χ1) is 15.1. The lowest BCUT2D eigenvalue weighted by Gasteiger charge is -2.20. The van der Waals surface area contributed by atoms with Crippen LogP contribution in [0.4, 0.5) is 18.9 Å².